The lowest BCUT2D eigenvalue weighted by Gasteiger charge is -2.09. The maximum Gasteiger partial charge on any atom is 0.0312 e. The fourth-order valence-corrected chi connectivity index (χ4v) is 2.79. The lowest BCUT2D eigenvalue weighted by molar-refractivity contribution is 0.921. The van der Waals surface area contributed by atoms with Crippen molar-refractivity contribution >= 4 is 5.57 Å². The Kier molecular flexibility index (Phi) is 3.83. The summed E-state index contributed by atoms with van der Waals surface area (Å²) in [5.74, 6) is 0. The number of hydrogen-bond acceptors (Lipinski definition) is 1. The standard InChI is InChI=1S/C19H19N/c1-20-14-6-11-19-17-9-4-2-7-15(17)12-13-16-8-3-5-10-18(16)19/h2-10,20H,12-14H2,1H3. The average molecular weight is 261 g/mol. The Morgan fingerprint density at radius 3 is 2.05 bits per heavy atom. The molecule has 0 unspecified atom stereocenters. The van der Waals surface area contributed by atoms with Crippen LogP contribution in [0.25, 0.3) is 5.57 Å². The molecule has 0 aromatic heterocycles. The van der Waals surface area contributed by atoms with Crippen LogP contribution in [0.1, 0.15) is 22.3 Å². The molecule has 100 valence electrons. The summed E-state index contributed by atoms with van der Waals surface area (Å²) in [5.41, 5.74) is 10.2. The summed E-state index contributed by atoms with van der Waals surface area (Å²) in [4.78, 5) is 0. The van der Waals surface area contributed by atoms with E-state index in [1.54, 1.807) is 0 Å². The Balaban J connectivity index is 2.22. The van der Waals surface area contributed by atoms with Crippen molar-refractivity contribution in [1.82, 2.24) is 5.32 Å². The van der Waals surface area contributed by atoms with Crippen LogP contribution in [0.3, 0.4) is 0 Å². The van der Waals surface area contributed by atoms with Gasteiger partial charge in [-0.3, -0.25) is 0 Å². The van der Waals surface area contributed by atoms with Gasteiger partial charge in [-0.15, -0.1) is 5.73 Å². The molecule has 0 spiro atoms. The van der Waals surface area contributed by atoms with Gasteiger partial charge in [-0.1, -0.05) is 48.5 Å². The molecule has 0 radical (unpaired) electrons. The summed E-state index contributed by atoms with van der Waals surface area (Å²) in [6.45, 7) is 0.841. The van der Waals surface area contributed by atoms with Crippen LogP contribution in [-0.4, -0.2) is 13.6 Å². The first-order chi connectivity index (χ1) is 9.90. The maximum absolute atomic E-state index is 3.50. The molecule has 0 atom stereocenters. The van der Waals surface area contributed by atoms with Crippen molar-refractivity contribution in [2.24, 2.45) is 0 Å². The van der Waals surface area contributed by atoms with E-state index in [1.807, 2.05) is 7.05 Å². The molecule has 2 aromatic rings. The smallest absolute Gasteiger partial charge is 0.0312 e. The second-order valence-corrected chi connectivity index (χ2v) is 5.10. The van der Waals surface area contributed by atoms with Crippen LogP contribution in [0, 0.1) is 0 Å². The normalized spacial score (nSPS) is 12.9. The molecule has 0 heterocycles. The van der Waals surface area contributed by atoms with Gasteiger partial charge in [-0.2, -0.15) is 0 Å². The Morgan fingerprint density at radius 2 is 1.50 bits per heavy atom. The Hall–Kier alpha value is -2.08. The van der Waals surface area contributed by atoms with Gasteiger partial charge < -0.3 is 5.32 Å². The number of likely N-dealkylation sites (N-methyl/N-ethyl adjacent to an activating group) is 1. The molecule has 1 aliphatic carbocycles. The summed E-state index contributed by atoms with van der Waals surface area (Å²) in [6.07, 6.45) is 4.28. The molecule has 0 fully saturated rings. The molecule has 1 nitrogen and oxygen atoms in total. The van der Waals surface area contributed by atoms with Crippen molar-refractivity contribution < 1.29 is 0 Å². The molecule has 0 saturated heterocycles. The van der Waals surface area contributed by atoms with Gasteiger partial charge in [0.2, 0.25) is 0 Å². The number of aryl methyl sites for hydroxylation is 2. The van der Waals surface area contributed by atoms with Gasteiger partial charge in [0.15, 0.2) is 0 Å². The van der Waals surface area contributed by atoms with Crippen LogP contribution in [0.5, 0.6) is 0 Å². The minimum atomic E-state index is 0.841. The molecular formula is C19H19N. The van der Waals surface area contributed by atoms with E-state index in [9.17, 15) is 0 Å². The largest absolute Gasteiger partial charge is 0.316 e. The van der Waals surface area contributed by atoms with Crippen molar-refractivity contribution in [1.29, 1.82) is 0 Å². The Labute approximate surface area is 120 Å². The number of benzene rings is 2. The zero-order chi connectivity index (χ0) is 13.8. The van der Waals surface area contributed by atoms with E-state index in [0.717, 1.165) is 19.4 Å². The van der Waals surface area contributed by atoms with Gasteiger partial charge in [0, 0.05) is 12.1 Å². The Bertz CT molecular complexity index is 626. The second kappa shape index (κ2) is 5.92. The van der Waals surface area contributed by atoms with Crippen molar-refractivity contribution in [3.05, 3.63) is 82.6 Å². The van der Waals surface area contributed by atoms with Crippen LogP contribution in [-0.2, 0) is 12.8 Å². The van der Waals surface area contributed by atoms with E-state index in [2.05, 4.69) is 65.7 Å². The molecule has 1 heteroatoms. The topological polar surface area (TPSA) is 12.0 Å². The highest BCUT2D eigenvalue weighted by atomic mass is 14.8. The van der Waals surface area contributed by atoms with E-state index in [0.29, 0.717) is 0 Å². The fourth-order valence-electron chi connectivity index (χ4n) is 2.79. The third-order valence-electron chi connectivity index (χ3n) is 3.79. The lowest BCUT2D eigenvalue weighted by atomic mass is 9.95. The first kappa shape index (κ1) is 12.9. The maximum atomic E-state index is 3.50. The zero-order valence-electron chi connectivity index (χ0n) is 11.8. The van der Waals surface area contributed by atoms with E-state index < -0.39 is 0 Å². The first-order valence-corrected chi connectivity index (χ1v) is 7.16. The third-order valence-corrected chi connectivity index (χ3v) is 3.79. The van der Waals surface area contributed by atoms with Crippen LogP contribution < -0.4 is 5.32 Å². The number of rotatable bonds is 2. The van der Waals surface area contributed by atoms with Crippen molar-refractivity contribution in [3.8, 4) is 0 Å². The van der Waals surface area contributed by atoms with Gasteiger partial charge in [0.05, 0.1) is 0 Å². The predicted molar refractivity (Wildman–Crippen MR) is 84.8 cm³/mol. The van der Waals surface area contributed by atoms with Gasteiger partial charge >= 0.3 is 0 Å². The summed E-state index contributed by atoms with van der Waals surface area (Å²) in [7, 11) is 1.96. The third kappa shape index (κ3) is 2.46. The molecule has 1 aliphatic rings. The van der Waals surface area contributed by atoms with Gasteiger partial charge in [-0.25, -0.2) is 0 Å². The summed E-state index contributed by atoms with van der Waals surface area (Å²) in [6, 6.07) is 17.4. The lowest BCUT2D eigenvalue weighted by Crippen LogP contribution is -2.03. The van der Waals surface area contributed by atoms with Crippen LogP contribution in [0.4, 0.5) is 0 Å². The molecule has 1 N–H and O–H groups in total. The van der Waals surface area contributed by atoms with E-state index in [-0.39, 0.29) is 0 Å². The van der Waals surface area contributed by atoms with Crippen LogP contribution in [0.15, 0.2) is 60.3 Å². The molecule has 0 saturated carbocycles. The molecular weight excluding hydrogens is 242 g/mol. The first-order valence-electron chi connectivity index (χ1n) is 7.16. The van der Waals surface area contributed by atoms with E-state index in [1.165, 1.54) is 27.8 Å². The average Bonchev–Trinajstić information content (AvgIpc) is 2.66. The summed E-state index contributed by atoms with van der Waals surface area (Å²) >= 11 is 0. The quantitative estimate of drug-likeness (QED) is 0.815. The highest BCUT2D eigenvalue weighted by Crippen LogP contribution is 2.32. The summed E-state index contributed by atoms with van der Waals surface area (Å²) < 4.78 is 0. The molecule has 2 aromatic carbocycles. The number of nitrogens with one attached hydrogen (secondary N) is 1. The second-order valence-electron chi connectivity index (χ2n) is 5.10. The van der Waals surface area contributed by atoms with Crippen molar-refractivity contribution in [2.75, 3.05) is 13.6 Å². The molecule has 3 rings (SSSR count). The molecule has 20 heavy (non-hydrogen) atoms. The van der Waals surface area contributed by atoms with Gasteiger partial charge in [0.1, 0.15) is 0 Å². The van der Waals surface area contributed by atoms with E-state index in [4.69, 9.17) is 0 Å². The molecule has 0 aliphatic heterocycles. The van der Waals surface area contributed by atoms with Crippen LogP contribution in [0.2, 0.25) is 0 Å². The van der Waals surface area contributed by atoms with Gasteiger partial charge in [-0.05, 0) is 48.2 Å². The Morgan fingerprint density at radius 1 is 0.950 bits per heavy atom. The highest BCUT2D eigenvalue weighted by Gasteiger charge is 2.16. The van der Waals surface area contributed by atoms with Crippen LogP contribution >= 0.6 is 0 Å². The minimum absolute atomic E-state index is 0.841. The minimum Gasteiger partial charge on any atom is -0.316 e. The fraction of sp³-hybridized carbons (Fsp3) is 0.211. The number of fused-ring (bicyclic) bond motifs is 2. The zero-order valence-corrected chi connectivity index (χ0v) is 11.8. The molecule has 0 bridgehead atoms. The van der Waals surface area contributed by atoms with Gasteiger partial charge in [0.25, 0.3) is 0 Å². The highest BCUT2D eigenvalue weighted by molar-refractivity contribution is 5.83. The van der Waals surface area contributed by atoms with Crippen molar-refractivity contribution in [3.63, 3.8) is 0 Å². The number of hydrogen-bond donors (Lipinski definition) is 1. The van der Waals surface area contributed by atoms with Crippen molar-refractivity contribution in [2.45, 2.75) is 12.8 Å². The predicted octanol–water partition coefficient (Wildman–Crippen LogP) is 3.59. The molecule has 0 amide bonds. The van der Waals surface area contributed by atoms with E-state index >= 15 is 0 Å². The summed E-state index contributed by atoms with van der Waals surface area (Å²) in [5, 5.41) is 3.14. The SMILES string of the molecule is CNCC=C=C1c2ccccc2CCc2ccccc21. The monoisotopic (exact) mass is 261 g/mol.